The molecule has 0 bridgehead atoms. The van der Waals surface area contributed by atoms with Gasteiger partial charge in [-0.3, -0.25) is 0 Å². The summed E-state index contributed by atoms with van der Waals surface area (Å²) < 4.78 is 6.38. The molecule has 1 heterocycles. The van der Waals surface area contributed by atoms with Gasteiger partial charge in [-0.25, -0.2) is 0 Å². The third-order valence-electron chi connectivity index (χ3n) is 1.22. The molecule has 0 spiro atoms. The molecule has 0 saturated carbocycles. The van der Waals surface area contributed by atoms with E-state index in [1.807, 2.05) is 18.2 Å². The van der Waals surface area contributed by atoms with Gasteiger partial charge >= 0.3 is 74.1 Å². The fraction of sp³-hybridized carbons (Fsp3) is 0. The molecule has 0 atom stereocenters. The van der Waals surface area contributed by atoms with Gasteiger partial charge in [-0.1, -0.05) is 0 Å². The van der Waals surface area contributed by atoms with Crippen molar-refractivity contribution < 1.29 is 3.20 Å². The fourth-order valence-corrected chi connectivity index (χ4v) is 2.46. The van der Waals surface area contributed by atoms with Gasteiger partial charge in [-0.2, -0.15) is 0 Å². The van der Waals surface area contributed by atoms with E-state index in [0.29, 0.717) is 0 Å². The van der Waals surface area contributed by atoms with Crippen LogP contribution in [-0.2, 0) is 3.20 Å². The van der Waals surface area contributed by atoms with Crippen LogP contribution in [0.25, 0.3) is 0 Å². The predicted octanol–water partition coefficient (Wildman–Crippen LogP) is 0.942. The Morgan fingerprint density at radius 1 is 1.50 bits per heavy atom. The maximum absolute atomic E-state index is 5.74. The van der Waals surface area contributed by atoms with Crippen LogP contribution in [0.2, 0.25) is 5.02 Å². The van der Waals surface area contributed by atoms with Crippen LogP contribution in [0.4, 0.5) is 5.69 Å². The van der Waals surface area contributed by atoms with Gasteiger partial charge < -0.3 is 0 Å². The molecule has 0 unspecified atom stereocenters. The van der Waals surface area contributed by atoms with Crippen molar-refractivity contribution in [1.29, 1.82) is 0 Å². The molecule has 2 nitrogen and oxygen atoms in total. The molecule has 0 amide bonds. The molecule has 1 aliphatic rings. The van der Waals surface area contributed by atoms with E-state index in [1.165, 1.54) is 3.61 Å². The second-order valence-corrected chi connectivity index (χ2v) is 4.55. The number of nitrogens with one attached hydrogen (secondary N) is 1. The standard InChI is InChI=1S/C6H4ClNOTe/c7-4-1-2-6-5(3-4)8-9-10-6/h1-3,8H. The summed E-state index contributed by atoms with van der Waals surface area (Å²) in [5.41, 5.74) is 3.85. The molecule has 10 heavy (non-hydrogen) atoms. The first-order valence-corrected chi connectivity index (χ1v) is 5.25. The van der Waals surface area contributed by atoms with Gasteiger partial charge in [0.05, 0.1) is 0 Å². The van der Waals surface area contributed by atoms with Crippen molar-refractivity contribution in [3.63, 3.8) is 0 Å². The maximum atomic E-state index is 5.74. The summed E-state index contributed by atoms with van der Waals surface area (Å²) in [6.07, 6.45) is 0. The normalized spacial score (nSPS) is 14.5. The van der Waals surface area contributed by atoms with Crippen LogP contribution in [-0.4, -0.2) is 21.3 Å². The number of hydrogen-bond donors (Lipinski definition) is 1. The minimum atomic E-state index is -0.422. The average molecular weight is 269 g/mol. The van der Waals surface area contributed by atoms with E-state index in [9.17, 15) is 0 Å². The molecule has 0 aromatic heterocycles. The summed E-state index contributed by atoms with van der Waals surface area (Å²) in [6, 6.07) is 5.79. The Kier molecular flexibility index (Phi) is 1.75. The van der Waals surface area contributed by atoms with Gasteiger partial charge in [-0.15, -0.1) is 0 Å². The predicted molar refractivity (Wildman–Crippen MR) is 41.5 cm³/mol. The third-order valence-corrected chi connectivity index (χ3v) is 3.46. The number of benzene rings is 1. The van der Waals surface area contributed by atoms with Crippen molar-refractivity contribution in [2.24, 2.45) is 0 Å². The summed E-state index contributed by atoms with van der Waals surface area (Å²) >= 11 is 5.32. The molecule has 0 fully saturated rings. The topological polar surface area (TPSA) is 21.3 Å². The molecule has 1 aliphatic heterocycles. The number of fused-ring (bicyclic) bond motifs is 1. The summed E-state index contributed by atoms with van der Waals surface area (Å²) in [7, 11) is 0. The first-order chi connectivity index (χ1) is 4.86. The average Bonchev–Trinajstić information content (AvgIpc) is 2.33. The van der Waals surface area contributed by atoms with Crippen LogP contribution in [0.1, 0.15) is 0 Å². The Balaban J connectivity index is 2.52. The van der Waals surface area contributed by atoms with E-state index in [-0.39, 0.29) is 0 Å². The SMILES string of the molecule is Clc1ccc2c(c1)NO[Te]2. The Hall–Kier alpha value is 0.0596. The molecule has 2 rings (SSSR count). The summed E-state index contributed by atoms with van der Waals surface area (Å²) in [5.74, 6) is 0. The van der Waals surface area contributed by atoms with E-state index >= 15 is 0 Å². The van der Waals surface area contributed by atoms with Gasteiger partial charge in [0.15, 0.2) is 0 Å². The molecule has 1 aromatic carbocycles. The first kappa shape index (κ1) is 6.75. The van der Waals surface area contributed by atoms with E-state index in [0.717, 1.165) is 10.7 Å². The number of halogens is 1. The fourth-order valence-electron chi connectivity index (χ4n) is 0.765. The number of anilines is 1. The molecule has 0 saturated heterocycles. The van der Waals surface area contributed by atoms with Gasteiger partial charge in [0.2, 0.25) is 0 Å². The van der Waals surface area contributed by atoms with Crippen molar-refractivity contribution in [3.8, 4) is 0 Å². The third kappa shape index (κ3) is 1.11. The molecular weight excluding hydrogens is 265 g/mol. The molecule has 0 radical (unpaired) electrons. The second-order valence-electron chi connectivity index (χ2n) is 1.91. The van der Waals surface area contributed by atoms with Crippen LogP contribution >= 0.6 is 11.6 Å². The Labute approximate surface area is 74.1 Å². The molecular formula is C6H4ClNOTe. The van der Waals surface area contributed by atoms with E-state index in [2.05, 4.69) is 5.48 Å². The molecule has 4 heteroatoms. The quantitative estimate of drug-likeness (QED) is 0.708. The summed E-state index contributed by atoms with van der Waals surface area (Å²) in [6.45, 7) is 0. The molecule has 52 valence electrons. The molecule has 0 aliphatic carbocycles. The van der Waals surface area contributed by atoms with Gasteiger partial charge in [0.1, 0.15) is 0 Å². The number of hydrogen-bond acceptors (Lipinski definition) is 2. The van der Waals surface area contributed by atoms with Crippen LogP contribution in [0, 0.1) is 0 Å². The van der Waals surface area contributed by atoms with Crippen LogP contribution < -0.4 is 9.09 Å². The van der Waals surface area contributed by atoms with Crippen molar-refractivity contribution in [1.82, 2.24) is 0 Å². The van der Waals surface area contributed by atoms with Crippen molar-refractivity contribution in [2.75, 3.05) is 5.48 Å². The Morgan fingerprint density at radius 3 is 3.30 bits per heavy atom. The zero-order valence-electron chi connectivity index (χ0n) is 4.93. The van der Waals surface area contributed by atoms with Crippen molar-refractivity contribution >= 4 is 42.2 Å². The summed E-state index contributed by atoms with van der Waals surface area (Å²) in [4.78, 5) is 0. The zero-order valence-corrected chi connectivity index (χ0v) is 8.01. The Bertz CT molecular complexity index is 266. The van der Waals surface area contributed by atoms with Gasteiger partial charge in [-0.05, 0) is 0 Å². The summed E-state index contributed by atoms with van der Waals surface area (Å²) in [5, 5.41) is 0.754. The second kappa shape index (κ2) is 2.59. The van der Waals surface area contributed by atoms with E-state index < -0.39 is 21.3 Å². The monoisotopic (exact) mass is 271 g/mol. The van der Waals surface area contributed by atoms with E-state index in [4.69, 9.17) is 14.8 Å². The molecule has 1 N–H and O–H groups in total. The Morgan fingerprint density at radius 2 is 2.40 bits per heavy atom. The zero-order chi connectivity index (χ0) is 6.97. The molecule has 1 aromatic rings. The van der Waals surface area contributed by atoms with Crippen molar-refractivity contribution in [3.05, 3.63) is 23.2 Å². The van der Waals surface area contributed by atoms with Crippen LogP contribution in [0.15, 0.2) is 18.2 Å². The van der Waals surface area contributed by atoms with E-state index in [1.54, 1.807) is 0 Å². The minimum absolute atomic E-state index is 0.422. The van der Waals surface area contributed by atoms with Crippen LogP contribution in [0.3, 0.4) is 0 Å². The van der Waals surface area contributed by atoms with Crippen molar-refractivity contribution in [2.45, 2.75) is 0 Å². The first-order valence-electron chi connectivity index (χ1n) is 2.75. The van der Waals surface area contributed by atoms with Crippen LogP contribution in [0.5, 0.6) is 0 Å². The number of rotatable bonds is 0. The van der Waals surface area contributed by atoms with Gasteiger partial charge in [0.25, 0.3) is 0 Å². The van der Waals surface area contributed by atoms with Gasteiger partial charge in [0, 0.05) is 0 Å².